The molecule has 0 saturated carbocycles. The number of ether oxygens (including phenoxy) is 3. The summed E-state index contributed by atoms with van der Waals surface area (Å²) in [5.41, 5.74) is 0.923. The number of nitrogens with zero attached hydrogens (tertiary/aromatic N) is 1. The molecule has 0 saturated heterocycles. The number of methoxy groups -OCH3 is 1. The topological polar surface area (TPSA) is 82.1 Å². The monoisotopic (exact) mass is 403 g/mol. The number of carbonyl (C=O) groups excluding carboxylic acids is 3. The van der Waals surface area contributed by atoms with Crippen LogP contribution in [0.1, 0.15) is 16.8 Å². The highest BCUT2D eigenvalue weighted by atomic mass is 35.5. The zero-order valence-corrected chi connectivity index (χ0v) is 15.9. The number of hydrogen-bond acceptors (Lipinski definition) is 6. The lowest BCUT2D eigenvalue weighted by molar-refractivity contribution is -0.142. The largest absolute Gasteiger partial charge is 0.495 e. The second-order valence-corrected chi connectivity index (χ2v) is 6.39. The minimum absolute atomic E-state index is 0.0449. The van der Waals surface area contributed by atoms with Crippen molar-refractivity contribution in [1.29, 1.82) is 0 Å². The van der Waals surface area contributed by atoms with Crippen LogP contribution in [0.25, 0.3) is 0 Å². The average molecular weight is 404 g/mol. The lowest BCUT2D eigenvalue weighted by Crippen LogP contribution is -2.40. The highest BCUT2D eigenvalue weighted by Gasteiger charge is 2.25. The van der Waals surface area contributed by atoms with Gasteiger partial charge in [-0.3, -0.25) is 14.4 Å². The van der Waals surface area contributed by atoms with E-state index < -0.39 is 12.6 Å². The Labute approximate surface area is 166 Å². The molecule has 2 aromatic rings. The maximum Gasteiger partial charge on any atom is 0.308 e. The summed E-state index contributed by atoms with van der Waals surface area (Å²) in [6, 6.07) is 11.7. The van der Waals surface area contributed by atoms with Crippen LogP contribution in [-0.2, 0) is 14.3 Å². The Morgan fingerprint density at radius 1 is 1.21 bits per heavy atom. The van der Waals surface area contributed by atoms with Crippen molar-refractivity contribution in [1.82, 2.24) is 0 Å². The summed E-state index contributed by atoms with van der Waals surface area (Å²) in [6.07, 6.45) is -0.0449. The molecule has 3 rings (SSSR count). The van der Waals surface area contributed by atoms with Gasteiger partial charge in [0.1, 0.15) is 11.5 Å². The Morgan fingerprint density at radius 2 is 2.00 bits per heavy atom. The Bertz CT molecular complexity index is 913. The number of rotatable bonds is 7. The van der Waals surface area contributed by atoms with Crippen LogP contribution >= 0.6 is 11.6 Å². The van der Waals surface area contributed by atoms with Gasteiger partial charge in [-0.25, -0.2) is 0 Å². The number of amides is 1. The Morgan fingerprint density at radius 3 is 2.75 bits per heavy atom. The summed E-state index contributed by atoms with van der Waals surface area (Å²) in [5.74, 6) is -0.168. The molecule has 7 nitrogen and oxygen atoms in total. The molecule has 0 bridgehead atoms. The second kappa shape index (κ2) is 8.75. The number of Topliss-reactive ketones (excluding diaryl/α,β-unsaturated/α-hetero) is 1. The molecular weight excluding hydrogens is 386 g/mol. The van der Waals surface area contributed by atoms with Gasteiger partial charge in [-0.2, -0.15) is 0 Å². The lowest BCUT2D eigenvalue weighted by Gasteiger charge is -2.28. The molecule has 1 aliphatic rings. The predicted octanol–water partition coefficient (Wildman–Crippen LogP) is 2.89. The van der Waals surface area contributed by atoms with E-state index >= 15 is 0 Å². The first-order valence-electron chi connectivity index (χ1n) is 8.54. The fourth-order valence-electron chi connectivity index (χ4n) is 2.74. The molecule has 28 heavy (non-hydrogen) atoms. The van der Waals surface area contributed by atoms with E-state index in [2.05, 4.69) is 0 Å². The van der Waals surface area contributed by atoms with E-state index in [4.69, 9.17) is 25.8 Å². The number of para-hydroxylation sites is 2. The molecule has 0 radical (unpaired) electrons. The molecule has 0 fully saturated rings. The minimum Gasteiger partial charge on any atom is -0.495 e. The first-order valence-corrected chi connectivity index (χ1v) is 8.92. The summed E-state index contributed by atoms with van der Waals surface area (Å²) in [4.78, 5) is 37.7. The van der Waals surface area contributed by atoms with Crippen LogP contribution in [0.15, 0.2) is 42.5 Å². The quantitative estimate of drug-likeness (QED) is 0.522. The summed E-state index contributed by atoms with van der Waals surface area (Å²) >= 11 is 5.99. The van der Waals surface area contributed by atoms with E-state index in [0.717, 1.165) is 0 Å². The second-order valence-electron chi connectivity index (χ2n) is 5.98. The van der Waals surface area contributed by atoms with Crippen molar-refractivity contribution in [3.8, 4) is 11.5 Å². The Hall–Kier alpha value is -3.06. The van der Waals surface area contributed by atoms with Crippen molar-refractivity contribution >= 4 is 34.9 Å². The van der Waals surface area contributed by atoms with Crippen molar-refractivity contribution in [3.63, 3.8) is 0 Å². The molecule has 1 aliphatic heterocycles. The van der Waals surface area contributed by atoms with Crippen LogP contribution in [0.5, 0.6) is 11.5 Å². The van der Waals surface area contributed by atoms with Gasteiger partial charge in [0.25, 0.3) is 5.91 Å². The van der Waals surface area contributed by atoms with Gasteiger partial charge >= 0.3 is 5.97 Å². The van der Waals surface area contributed by atoms with Crippen molar-refractivity contribution in [2.45, 2.75) is 6.42 Å². The molecule has 0 atom stereocenters. The van der Waals surface area contributed by atoms with Gasteiger partial charge in [-0.05, 0) is 30.3 Å². The smallest absolute Gasteiger partial charge is 0.308 e. The van der Waals surface area contributed by atoms with Crippen LogP contribution in [0, 0.1) is 0 Å². The maximum atomic E-state index is 12.2. The van der Waals surface area contributed by atoms with E-state index in [-0.39, 0.29) is 31.3 Å². The third-order valence-corrected chi connectivity index (χ3v) is 4.48. The van der Waals surface area contributed by atoms with Gasteiger partial charge < -0.3 is 19.1 Å². The number of hydrogen-bond donors (Lipinski definition) is 0. The zero-order valence-electron chi connectivity index (χ0n) is 15.1. The van der Waals surface area contributed by atoms with E-state index in [1.54, 1.807) is 36.4 Å². The molecule has 0 aliphatic carbocycles. The first kappa shape index (κ1) is 19.7. The fourth-order valence-corrected chi connectivity index (χ4v) is 3.00. The average Bonchev–Trinajstić information content (AvgIpc) is 2.71. The normalized spacial score (nSPS) is 12.8. The van der Waals surface area contributed by atoms with Gasteiger partial charge in [-0.15, -0.1) is 0 Å². The highest BCUT2D eigenvalue weighted by molar-refractivity contribution is 6.32. The van der Waals surface area contributed by atoms with E-state index in [9.17, 15) is 14.4 Å². The molecule has 1 amide bonds. The van der Waals surface area contributed by atoms with Gasteiger partial charge in [0, 0.05) is 12.1 Å². The molecule has 2 aromatic carbocycles. The number of fused-ring (bicyclic) bond motifs is 1. The SMILES string of the molecule is COc1ccc(C(=O)COC(=O)CCN2C(=O)COc3ccccc32)cc1Cl. The number of carbonyl (C=O) groups is 3. The number of esters is 1. The van der Waals surface area contributed by atoms with Gasteiger partial charge in [0.2, 0.25) is 0 Å². The maximum absolute atomic E-state index is 12.2. The molecule has 0 aromatic heterocycles. The Kier molecular flexibility index (Phi) is 6.16. The number of ketones is 1. The standard InChI is InChI=1S/C20H18ClNO6/c1-26-17-7-6-13(10-14(17)21)16(23)11-28-20(25)8-9-22-15-4-2-3-5-18(15)27-12-19(22)24/h2-7,10H,8-9,11-12H2,1H3. The molecule has 8 heteroatoms. The van der Waals surface area contributed by atoms with Crippen molar-refractivity contribution in [2.24, 2.45) is 0 Å². The molecular formula is C20H18ClNO6. The molecule has 1 heterocycles. The third kappa shape index (κ3) is 4.43. The summed E-state index contributed by atoms with van der Waals surface area (Å²) in [7, 11) is 1.47. The number of halogens is 1. The third-order valence-electron chi connectivity index (χ3n) is 4.19. The zero-order chi connectivity index (χ0) is 20.1. The number of benzene rings is 2. The summed E-state index contributed by atoms with van der Waals surface area (Å²) in [5, 5.41) is 0.296. The van der Waals surface area contributed by atoms with E-state index in [1.165, 1.54) is 18.1 Å². The van der Waals surface area contributed by atoms with Crippen LogP contribution in [0.3, 0.4) is 0 Å². The first-order chi connectivity index (χ1) is 13.5. The van der Waals surface area contributed by atoms with Crippen LogP contribution in [-0.4, -0.2) is 44.5 Å². The highest BCUT2D eigenvalue weighted by Crippen LogP contribution is 2.31. The van der Waals surface area contributed by atoms with E-state index in [0.29, 0.717) is 27.8 Å². The molecule has 0 unspecified atom stereocenters. The van der Waals surface area contributed by atoms with Crippen LogP contribution in [0.4, 0.5) is 5.69 Å². The molecule has 0 N–H and O–H groups in total. The predicted molar refractivity (Wildman–Crippen MR) is 102 cm³/mol. The van der Waals surface area contributed by atoms with Gasteiger partial charge in [-0.1, -0.05) is 23.7 Å². The van der Waals surface area contributed by atoms with E-state index in [1.807, 2.05) is 0 Å². The lowest BCUT2D eigenvalue weighted by atomic mass is 10.1. The Balaban J connectivity index is 1.53. The minimum atomic E-state index is -0.579. The van der Waals surface area contributed by atoms with Gasteiger partial charge in [0.15, 0.2) is 19.0 Å². The van der Waals surface area contributed by atoms with Crippen molar-refractivity contribution in [3.05, 3.63) is 53.1 Å². The number of anilines is 1. The molecule has 0 spiro atoms. The van der Waals surface area contributed by atoms with Crippen molar-refractivity contribution < 1.29 is 28.6 Å². The fraction of sp³-hybridized carbons (Fsp3) is 0.250. The van der Waals surface area contributed by atoms with Crippen LogP contribution in [0.2, 0.25) is 5.02 Å². The van der Waals surface area contributed by atoms with Gasteiger partial charge in [0.05, 0.1) is 24.2 Å². The summed E-state index contributed by atoms with van der Waals surface area (Å²) in [6.45, 7) is -0.349. The molecule has 146 valence electrons. The summed E-state index contributed by atoms with van der Waals surface area (Å²) < 4.78 is 15.4. The van der Waals surface area contributed by atoms with Crippen LogP contribution < -0.4 is 14.4 Å². The van der Waals surface area contributed by atoms with Crippen molar-refractivity contribution in [2.75, 3.05) is 31.8 Å².